The molecule has 0 bridgehead atoms. The number of hydrogen-bond donors (Lipinski definition) is 1. The first-order chi connectivity index (χ1) is 10.2. The van der Waals surface area contributed by atoms with Gasteiger partial charge in [0.05, 0.1) is 14.2 Å². The van der Waals surface area contributed by atoms with Crippen LogP contribution in [0.3, 0.4) is 0 Å². The Balaban J connectivity index is 1.96. The summed E-state index contributed by atoms with van der Waals surface area (Å²) in [7, 11) is 3.30. The van der Waals surface area contributed by atoms with Crippen LogP contribution in [0.4, 0.5) is 5.95 Å². The van der Waals surface area contributed by atoms with Crippen LogP contribution in [-0.2, 0) is 6.42 Å². The molecule has 2 rings (SSSR count). The highest BCUT2D eigenvalue weighted by Crippen LogP contribution is 2.27. The SMILES string of the molecule is COc1ccc(CCNc2nccn2C(C)C)cc1OC. The van der Waals surface area contributed by atoms with E-state index in [2.05, 4.69) is 34.8 Å². The average Bonchev–Trinajstić information content (AvgIpc) is 2.95. The molecule has 0 saturated carbocycles. The molecule has 0 unspecified atom stereocenters. The number of methoxy groups -OCH3 is 2. The Bertz CT molecular complexity index is 579. The van der Waals surface area contributed by atoms with Gasteiger partial charge in [-0.25, -0.2) is 4.98 Å². The minimum atomic E-state index is 0.399. The number of anilines is 1. The molecule has 0 atom stereocenters. The molecule has 0 aliphatic heterocycles. The Labute approximate surface area is 125 Å². The molecular formula is C16H23N3O2. The predicted molar refractivity (Wildman–Crippen MR) is 84.4 cm³/mol. The number of aromatic nitrogens is 2. The number of nitrogens with one attached hydrogen (secondary N) is 1. The second kappa shape index (κ2) is 7.02. The molecule has 0 aliphatic carbocycles. The third-order valence-electron chi connectivity index (χ3n) is 3.37. The van der Waals surface area contributed by atoms with E-state index in [9.17, 15) is 0 Å². The Morgan fingerprint density at radius 1 is 1.19 bits per heavy atom. The van der Waals surface area contributed by atoms with E-state index in [1.165, 1.54) is 5.56 Å². The Kier molecular flexibility index (Phi) is 5.09. The van der Waals surface area contributed by atoms with Crippen molar-refractivity contribution >= 4 is 5.95 Å². The summed E-state index contributed by atoms with van der Waals surface area (Å²) >= 11 is 0. The first kappa shape index (κ1) is 15.2. The number of nitrogens with zero attached hydrogens (tertiary/aromatic N) is 2. The number of ether oxygens (including phenoxy) is 2. The highest BCUT2D eigenvalue weighted by Gasteiger charge is 2.07. The van der Waals surface area contributed by atoms with E-state index in [1.807, 2.05) is 24.5 Å². The van der Waals surface area contributed by atoms with Gasteiger partial charge in [-0.15, -0.1) is 0 Å². The van der Waals surface area contributed by atoms with Crippen molar-refractivity contribution in [1.82, 2.24) is 9.55 Å². The molecular weight excluding hydrogens is 266 g/mol. The van der Waals surface area contributed by atoms with Crippen molar-refractivity contribution in [3.63, 3.8) is 0 Å². The van der Waals surface area contributed by atoms with Gasteiger partial charge in [-0.2, -0.15) is 0 Å². The monoisotopic (exact) mass is 289 g/mol. The maximum Gasteiger partial charge on any atom is 0.203 e. The zero-order valence-electron chi connectivity index (χ0n) is 13.1. The van der Waals surface area contributed by atoms with Gasteiger partial charge in [-0.3, -0.25) is 0 Å². The molecule has 0 saturated heterocycles. The first-order valence-corrected chi connectivity index (χ1v) is 7.13. The van der Waals surface area contributed by atoms with E-state index in [-0.39, 0.29) is 0 Å². The summed E-state index contributed by atoms with van der Waals surface area (Å²) < 4.78 is 12.7. The second-order valence-electron chi connectivity index (χ2n) is 5.12. The van der Waals surface area contributed by atoms with Crippen LogP contribution in [0.15, 0.2) is 30.6 Å². The van der Waals surface area contributed by atoms with Crippen LogP contribution in [0.25, 0.3) is 0 Å². The topological polar surface area (TPSA) is 48.3 Å². The highest BCUT2D eigenvalue weighted by molar-refractivity contribution is 5.43. The molecule has 5 heteroatoms. The third-order valence-corrected chi connectivity index (χ3v) is 3.37. The highest BCUT2D eigenvalue weighted by atomic mass is 16.5. The van der Waals surface area contributed by atoms with Gasteiger partial charge in [0.2, 0.25) is 5.95 Å². The lowest BCUT2D eigenvalue weighted by Gasteiger charge is -2.13. The molecule has 1 aromatic carbocycles. The van der Waals surface area contributed by atoms with Crippen LogP contribution < -0.4 is 14.8 Å². The molecule has 21 heavy (non-hydrogen) atoms. The van der Waals surface area contributed by atoms with Gasteiger partial charge in [0.1, 0.15) is 0 Å². The molecule has 0 radical (unpaired) electrons. The summed E-state index contributed by atoms with van der Waals surface area (Å²) in [4.78, 5) is 4.34. The van der Waals surface area contributed by atoms with Crippen molar-refractivity contribution in [2.24, 2.45) is 0 Å². The van der Waals surface area contributed by atoms with Crippen molar-refractivity contribution in [3.8, 4) is 11.5 Å². The zero-order chi connectivity index (χ0) is 15.2. The lowest BCUT2D eigenvalue weighted by atomic mass is 10.1. The molecule has 5 nitrogen and oxygen atoms in total. The van der Waals surface area contributed by atoms with E-state index in [0.717, 1.165) is 30.4 Å². The largest absolute Gasteiger partial charge is 0.493 e. The Morgan fingerprint density at radius 3 is 2.62 bits per heavy atom. The molecule has 2 aromatic rings. The maximum absolute atomic E-state index is 5.32. The van der Waals surface area contributed by atoms with Crippen LogP contribution in [0, 0.1) is 0 Å². The number of hydrogen-bond acceptors (Lipinski definition) is 4. The molecule has 0 fully saturated rings. The quantitative estimate of drug-likeness (QED) is 0.850. The molecule has 1 heterocycles. The second-order valence-corrected chi connectivity index (χ2v) is 5.12. The van der Waals surface area contributed by atoms with Crippen molar-refractivity contribution in [2.45, 2.75) is 26.3 Å². The van der Waals surface area contributed by atoms with Crippen LogP contribution >= 0.6 is 0 Å². The third kappa shape index (κ3) is 3.68. The van der Waals surface area contributed by atoms with Crippen molar-refractivity contribution in [1.29, 1.82) is 0 Å². The maximum atomic E-state index is 5.32. The van der Waals surface area contributed by atoms with Gasteiger partial charge < -0.3 is 19.4 Å². The summed E-state index contributed by atoms with van der Waals surface area (Å²) in [6.45, 7) is 5.10. The van der Waals surface area contributed by atoms with Crippen LogP contribution in [-0.4, -0.2) is 30.3 Å². The fraction of sp³-hybridized carbons (Fsp3) is 0.438. The van der Waals surface area contributed by atoms with Gasteiger partial charge in [0.25, 0.3) is 0 Å². The Morgan fingerprint density at radius 2 is 1.95 bits per heavy atom. The predicted octanol–water partition coefficient (Wildman–Crippen LogP) is 3.14. The Hall–Kier alpha value is -2.17. The van der Waals surface area contributed by atoms with Crippen molar-refractivity contribution in [3.05, 3.63) is 36.2 Å². The van der Waals surface area contributed by atoms with E-state index in [0.29, 0.717) is 6.04 Å². The standard InChI is InChI=1S/C16H23N3O2/c1-12(2)19-10-9-18-16(19)17-8-7-13-5-6-14(20-3)15(11-13)21-4/h5-6,9-12H,7-8H2,1-4H3,(H,17,18). The minimum absolute atomic E-state index is 0.399. The lowest BCUT2D eigenvalue weighted by Crippen LogP contribution is -2.11. The molecule has 0 spiro atoms. The normalized spacial score (nSPS) is 10.7. The first-order valence-electron chi connectivity index (χ1n) is 7.13. The fourth-order valence-electron chi connectivity index (χ4n) is 2.22. The van der Waals surface area contributed by atoms with Gasteiger partial charge in [0, 0.05) is 25.0 Å². The number of imidazole rings is 1. The molecule has 0 amide bonds. The van der Waals surface area contributed by atoms with Crippen LogP contribution in [0.1, 0.15) is 25.5 Å². The summed E-state index contributed by atoms with van der Waals surface area (Å²) in [5.41, 5.74) is 1.20. The summed E-state index contributed by atoms with van der Waals surface area (Å²) in [5, 5.41) is 3.37. The molecule has 1 N–H and O–H groups in total. The van der Waals surface area contributed by atoms with E-state index < -0.39 is 0 Å². The summed E-state index contributed by atoms with van der Waals surface area (Å²) in [5.74, 6) is 2.42. The fourth-order valence-corrected chi connectivity index (χ4v) is 2.22. The number of benzene rings is 1. The smallest absolute Gasteiger partial charge is 0.203 e. The summed E-state index contributed by atoms with van der Waals surface area (Å²) in [6, 6.07) is 6.40. The van der Waals surface area contributed by atoms with Crippen molar-refractivity contribution < 1.29 is 9.47 Å². The molecule has 0 aliphatic rings. The van der Waals surface area contributed by atoms with Crippen LogP contribution in [0.5, 0.6) is 11.5 Å². The van der Waals surface area contributed by atoms with Crippen LogP contribution in [0.2, 0.25) is 0 Å². The lowest BCUT2D eigenvalue weighted by molar-refractivity contribution is 0.354. The van der Waals surface area contributed by atoms with Gasteiger partial charge in [0.15, 0.2) is 11.5 Å². The minimum Gasteiger partial charge on any atom is -0.493 e. The van der Waals surface area contributed by atoms with Gasteiger partial charge in [-0.1, -0.05) is 6.07 Å². The average molecular weight is 289 g/mol. The summed E-state index contributed by atoms with van der Waals surface area (Å²) in [6.07, 6.45) is 4.70. The van der Waals surface area contributed by atoms with Gasteiger partial charge in [-0.05, 0) is 38.0 Å². The molecule has 114 valence electrons. The van der Waals surface area contributed by atoms with E-state index in [4.69, 9.17) is 9.47 Å². The molecule has 1 aromatic heterocycles. The van der Waals surface area contributed by atoms with Gasteiger partial charge >= 0.3 is 0 Å². The van der Waals surface area contributed by atoms with Crippen molar-refractivity contribution in [2.75, 3.05) is 26.1 Å². The van der Waals surface area contributed by atoms with E-state index in [1.54, 1.807) is 14.2 Å². The zero-order valence-corrected chi connectivity index (χ0v) is 13.1. The van der Waals surface area contributed by atoms with E-state index >= 15 is 0 Å². The number of rotatable bonds is 7.